The van der Waals surface area contributed by atoms with E-state index in [1.54, 1.807) is 12.1 Å². The van der Waals surface area contributed by atoms with Crippen molar-refractivity contribution in [1.82, 2.24) is 0 Å². The number of hydrogen-bond acceptors (Lipinski definition) is 3. The molecule has 0 heterocycles. The number of nitrogens with one attached hydrogen (secondary N) is 1. The number of anilines is 2. The number of hydrogen-bond donors (Lipinski definition) is 3. The molecule has 17 heavy (non-hydrogen) atoms. The van der Waals surface area contributed by atoms with Crippen molar-refractivity contribution in [2.75, 3.05) is 11.1 Å². The second-order valence-electron chi connectivity index (χ2n) is 4.76. The van der Waals surface area contributed by atoms with E-state index in [0.717, 1.165) is 5.69 Å². The summed E-state index contributed by atoms with van der Waals surface area (Å²) in [6, 6.07) is 5.72. The molecule has 0 bridgehead atoms. The first-order valence-electron chi connectivity index (χ1n) is 6.04. The number of para-hydroxylation sites is 1. The van der Waals surface area contributed by atoms with E-state index in [2.05, 4.69) is 12.2 Å². The third-order valence-corrected chi connectivity index (χ3v) is 3.61. The third kappa shape index (κ3) is 2.35. The first-order chi connectivity index (χ1) is 8.09. The van der Waals surface area contributed by atoms with Crippen LogP contribution in [0.3, 0.4) is 0 Å². The maximum Gasteiger partial charge on any atom is 0.250 e. The van der Waals surface area contributed by atoms with Gasteiger partial charge in [-0.25, -0.2) is 0 Å². The molecule has 1 fully saturated rings. The van der Waals surface area contributed by atoms with Gasteiger partial charge in [-0.2, -0.15) is 0 Å². The quantitative estimate of drug-likeness (QED) is 0.695. The predicted octanol–water partition coefficient (Wildman–Crippen LogP) is 1.97. The first kappa shape index (κ1) is 11.8. The molecule has 4 nitrogen and oxygen atoms in total. The summed E-state index contributed by atoms with van der Waals surface area (Å²) in [5.74, 6) is 0.231. The molecule has 4 heteroatoms. The van der Waals surface area contributed by atoms with Crippen LogP contribution in [0.25, 0.3) is 0 Å². The molecular weight excluding hydrogens is 214 g/mol. The molecule has 2 rings (SSSR count). The van der Waals surface area contributed by atoms with Crippen molar-refractivity contribution < 1.29 is 4.79 Å². The van der Waals surface area contributed by atoms with Gasteiger partial charge in [-0.15, -0.1) is 0 Å². The van der Waals surface area contributed by atoms with Crippen molar-refractivity contribution in [3.8, 4) is 0 Å². The lowest BCUT2D eigenvalue weighted by atomic mass is 9.80. The molecule has 1 aliphatic rings. The molecule has 0 radical (unpaired) electrons. The highest BCUT2D eigenvalue weighted by Gasteiger charge is 2.24. The summed E-state index contributed by atoms with van der Waals surface area (Å²) in [7, 11) is 0. The Morgan fingerprint density at radius 3 is 2.71 bits per heavy atom. The van der Waals surface area contributed by atoms with Crippen molar-refractivity contribution in [3.05, 3.63) is 23.8 Å². The second kappa shape index (κ2) is 4.65. The molecule has 5 N–H and O–H groups in total. The lowest BCUT2D eigenvalue weighted by Crippen LogP contribution is -2.31. The van der Waals surface area contributed by atoms with Crippen LogP contribution in [0.15, 0.2) is 18.2 Å². The number of primary amides is 1. The van der Waals surface area contributed by atoms with Crippen molar-refractivity contribution in [3.63, 3.8) is 0 Å². The normalized spacial score (nSPS) is 17.2. The fraction of sp³-hybridized carbons (Fsp3) is 0.462. The summed E-state index contributed by atoms with van der Waals surface area (Å²) in [4.78, 5) is 11.2. The minimum Gasteiger partial charge on any atom is -0.396 e. The Morgan fingerprint density at radius 1 is 1.47 bits per heavy atom. The van der Waals surface area contributed by atoms with Crippen LogP contribution in [0, 0.1) is 5.92 Å². The number of carbonyl (C=O) groups excluding carboxylic acids is 1. The molecule has 1 amide bonds. The van der Waals surface area contributed by atoms with Crippen molar-refractivity contribution in [2.45, 2.75) is 32.2 Å². The number of amides is 1. The minimum absolute atomic E-state index is 0.383. The van der Waals surface area contributed by atoms with E-state index in [1.165, 1.54) is 19.3 Å². The van der Waals surface area contributed by atoms with Crippen molar-refractivity contribution in [1.29, 1.82) is 0 Å². The molecule has 0 spiro atoms. The smallest absolute Gasteiger partial charge is 0.250 e. The van der Waals surface area contributed by atoms with Crippen LogP contribution in [-0.2, 0) is 0 Å². The molecule has 1 atom stereocenters. The van der Waals surface area contributed by atoms with Gasteiger partial charge in [-0.1, -0.05) is 12.5 Å². The summed E-state index contributed by atoms with van der Waals surface area (Å²) < 4.78 is 0. The number of benzene rings is 1. The lowest BCUT2D eigenvalue weighted by molar-refractivity contribution is 0.100. The molecule has 1 aliphatic carbocycles. The molecule has 0 saturated heterocycles. The maximum atomic E-state index is 11.2. The van der Waals surface area contributed by atoms with Gasteiger partial charge >= 0.3 is 0 Å². The van der Waals surface area contributed by atoms with Gasteiger partial charge in [0, 0.05) is 6.04 Å². The van der Waals surface area contributed by atoms with Gasteiger partial charge in [0.25, 0.3) is 5.91 Å². The zero-order valence-electron chi connectivity index (χ0n) is 10.1. The van der Waals surface area contributed by atoms with E-state index >= 15 is 0 Å². The van der Waals surface area contributed by atoms with Crippen LogP contribution in [0.5, 0.6) is 0 Å². The summed E-state index contributed by atoms with van der Waals surface area (Å²) in [6.45, 7) is 2.15. The zero-order chi connectivity index (χ0) is 12.4. The molecule has 92 valence electrons. The van der Waals surface area contributed by atoms with Crippen molar-refractivity contribution >= 4 is 17.3 Å². The van der Waals surface area contributed by atoms with E-state index < -0.39 is 5.91 Å². The average Bonchev–Trinajstić information content (AvgIpc) is 2.18. The van der Waals surface area contributed by atoms with Crippen LogP contribution >= 0.6 is 0 Å². The minimum atomic E-state index is -0.484. The first-order valence-corrected chi connectivity index (χ1v) is 6.04. The Hall–Kier alpha value is -1.71. The second-order valence-corrected chi connectivity index (χ2v) is 4.76. The summed E-state index contributed by atoms with van der Waals surface area (Å²) in [5, 5.41) is 3.37. The van der Waals surface area contributed by atoms with E-state index in [-0.39, 0.29) is 0 Å². The van der Waals surface area contributed by atoms with E-state index in [9.17, 15) is 4.79 Å². The zero-order valence-corrected chi connectivity index (χ0v) is 10.1. The average molecular weight is 233 g/mol. The predicted molar refractivity (Wildman–Crippen MR) is 69.8 cm³/mol. The SMILES string of the molecule is CC(Nc1cccc(C(N)=O)c1N)C1CCC1. The fourth-order valence-electron chi connectivity index (χ4n) is 2.21. The van der Waals surface area contributed by atoms with Gasteiger partial charge in [0.05, 0.1) is 16.9 Å². The molecule has 1 unspecified atom stereocenters. The number of nitrogen functional groups attached to an aromatic ring is 1. The summed E-state index contributed by atoms with van der Waals surface area (Å²) in [5.41, 5.74) is 12.8. The number of carbonyl (C=O) groups is 1. The standard InChI is InChI=1S/C13H19N3O/c1-8(9-4-2-5-9)16-11-7-3-6-10(12(11)14)13(15)17/h3,6-9,16H,2,4-5,14H2,1H3,(H2,15,17). The Bertz CT molecular complexity index is 427. The van der Waals surface area contributed by atoms with E-state index in [1.807, 2.05) is 6.07 Å². The van der Waals surface area contributed by atoms with E-state index in [4.69, 9.17) is 11.5 Å². The Kier molecular flexibility index (Phi) is 3.22. The monoisotopic (exact) mass is 233 g/mol. The summed E-state index contributed by atoms with van der Waals surface area (Å²) >= 11 is 0. The van der Waals surface area contributed by atoms with Crippen LogP contribution in [0.4, 0.5) is 11.4 Å². The van der Waals surface area contributed by atoms with Gasteiger partial charge in [0.2, 0.25) is 0 Å². The van der Waals surface area contributed by atoms with Crippen LogP contribution in [0.2, 0.25) is 0 Å². The van der Waals surface area contributed by atoms with Gasteiger partial charge in [0.1, 0.15) is 0 Å². The van der Waals surface area contributed by atoms with Gasteiger partial charge in [-0.05, 0) is 37.8 Å². The maximum absolute atomic E-state index is 11.2. The molecular formula is C13H19N3O. The largest absolute Gasteiger partial charge is 0.396 e. The Morgan fingerprint density at radius 2 is 2.18 bits per heavy atom. The molecule has 0 aliphatic heterocycles. The number of nitrogens with two attached hydrogens (primary N) is 2. The van der Waals surface area contributed by atoms with Gasteiger partial charge in [-0.3, -0.25) is 4.79 Å². The Balaban J connectivity index is 2.15. The molecule has 1 aromatic rings. The van der Waals surface area contributed by atoms with Gasteiger partial charge < -0.3 is 16.8 Å². The van der Waals surface area contributed by atoms with Gasteiger partial charge in [0.15, 0.2) is 0 Å². The van der Waals surface area contributed by atoms with Crippen LogP contribution in [-0.4, -0.2) is 11.9 Å². The summed E-state index contributed by atoms with van der Waals surface area (Å²) in [6.07, 6.45) is 3.85. The van der Waals surface area contributed by atoms with E-state index in [0.29, 0.717) is 23.2 Å². The molecule has 1 saturated carbocycles. The topological polar surface area (TPSA) is 81.1 Å². The van der Waals surface area contributed by atoms with Crippen molar-refractivity contribution in [2.24, 2.45) is 11.7 Å². The lowest BCUT2D eigenvalue weighted by Gasteiger charge is -2.32. The number of rotatable bonds is 4. The highest BCUT2D eigenvalue weighted by molar-refractivity contribution is 6.00. The highest BCUT2D eigenvalue weighted by Crippen LogP contribution is 2.32. The molecule has 0 aromatic heterocycles. The highest BCUT2D eigenvalue weighted by atomic mass is 16.1. The third-order valence-electron chi connectivity index (χ3n) is 3.61. The molecule has 1 aromatic carbocycles. The Labute approximate surface area is 101 Å². The van der Waals surface area contributed by atoms with Crippen LogP contribution < -0.4 is 16.8 Å². The van der Waals surface area contributed by atoms with Crippen LogP contribution in [0.1, 0.15) is 36.5 Å². The fourth-order valence-corrected chi connectivity index (χ4v) is 2.21.